The second kappa shape index (κ2) is 8.05. The summed E-state index contributed by atoms with van der Waals surface area (Å²) in [5.41, 5.74) is 1.82. The lowest BCUT2D eigenvalue weighted by molar-refractivity contribution is -0.140. The van der Waals surface area contributed by atoms with Crippen LogP contribution in [-0.2, 0) is 16.2 Å². The number of hydrogen-bond donors (Lipinski definition) is 0. The molecule has 6 nitrogen and oxygen atoms in total. The fourth-order valence-corrected chi connectivity index (χ4v) is 6.64. The molecule has 8 rings (SSSR count). The van der Waals surface area contributed by atoms with Crippen LogP contribution in [0, 0.1) is 35.5 Å². The Morgan fingerprint density at radius 3 is 2.39 bits per heavy atom. The van der Waals surface area contributed by atoms with Gasteiger partial charge >= 0.3 is 0 Å². The maximum atomic E-state index is 13.1. The fraction of sp³-hybridized carbons (Fsp3) is 0.300. The van der Waals surface area contributed by atoms with Gasteiger partial charge < -0.3 is 9.47 Å². The lowest BCUT2D eigenvalue weighted by atomic mass is 9.63. The Labute approximate surface area is 209 Å². The lowest BCUT2D eigenvalue weighted by Crippen LogP contribution is -2.40. The highest BCUT2D eigenvalue weighted by Crippen LogP contribution is 2.65. The van der Waals surface area contributed by atoms with E-state index in [0.29, 0.717) is 29.9 Å². The number of rotatable bonds is 6. The molecule has 36 heavy (non-hydrogen) atoms. The van der Waals surface area contributed by atoms with Crippen molar-refractivity contribution in [3.8, 4) is 11.5 Å². The van der Waals surface area contributed by atoms with E-state index in [0.717, 1.165) is 27.9 Å². The van der Waals surface area contributed by atoms with Gasteiger partial charge in [0.25, 0.3) is 11.8 Å². The standard InChI is InChI=1S/C30H26N2O4/c1-35-26-13-17(9-12-25(26)36-16-19-7-4-6-18-5-2-3-8-20(18)19)15-31-32-29(33)27-21-10-11-22(24-14-23(21)24)28(27)30(32)34/h2-13,15,21-24,27-28H,14,16H2,1H3/t21-,22-,23-,24+,27+,28+/m0/s1. The van der Waals surface area contributed by atoms with Gasteiger partial charge in [-0.15, -0.1) is 0 Å². The number of benzene rings is 3. The molecule has 3 aromatic rings. The molecule has 0 N–H and O–H groups in total. The van der Waals surface area contributed by atoms with Gasteiger partial charge in [0, 0.05) is 0 Å². The molecule has 1 saturated heterocycles. The SMILES string of the molecule is COc1cc(C=NN2C(=O)[C@@H]3[C@H]4C=C[C@@H]([C@@H]5C[C@H]45)[C@H]3C2=O)ccc1OCc1cccc2ccccc12. The normalized spacial score (nSPS) is 29.6. The van der Waals surface area contributed by atoms with Gasteiger partial charge in [0.05, 0.1) is 25.2 Å². The van der Waals surface area contributed by atoms with Gasteiger partial charge in [0.15, 0.2) is 11.5 Å². The van der Waals surface area contributed by atoms with E-state index in [2.05, 4.69) is 41.5 Å². The van der Waals surface area contributed by atoms with Crippen molar-refractivity contribution in [3.05, 3.63) is 83.9 Å². The first kappa shape index (κ1) is 21.4. The highest BCUT2D eigenvalue weighted by molar-refractivity contribution is 6.06. The highest BCUT2D eigenvalue weighted by atomic mass is 16.5. The van der Waals surface area contributed by atoms with Gasteiger partial charge in [-0.25, -0.2) is 0 Å². The first-order valence-electron chi connectivity index (χ1n) is 12.5. The monoisotopic (exact) mass is 478 g/mol. The quantitative estimate of drug-likeness (QED) is 0.290. The number of hydrazone groups is 1. The highest BCUT2D eigenvalue weighted by Gasteiger charge is 2.67. The first-order valence-corrected chi connectivity index (χ1v) is 12.5. The van der Waals surface area contributed by atoms with Crippen molar-refractivity contribution in [2.24, 2.45) is 40.6 Å². The summed E-state index contributed by atoms with van der Waals surface area (Å²) in [6.45, 7) is 0.406. The van der Waals surface area contributed by atoms with E-state index in [9.17, 15) is 9.59 Å². The molecule has 6 atom stereocenters. The molecule has 180 valence electrons. The second-order valence-corrected chi connectivity index (χ2v) is 10.2. The molecule has 1 aliphatic heterocycles. The average molecular weight is 479 g/mol. The Balaban J connectivity index is 1.08. The largest absolute Gasteiger partial charge is 0.493 e. The van der Waals surface area contributed by atoms with Crippen LogP contribution in [-0.4, -0.2) is 30.1 Å². The molecule has 0 spiro atoms. The van der Waals surface area contributed by atoms with Gasteiger partial charge in [0.1, 0.15) is 6.61 Å². The number of fused-ring (bicyclic) bond motifs is 1. The summed E-state index contributed by atoms with van der Waals surface area (Å²) in [7, 11) is 1.59. The maximum Gasteiger partial charge on any atom is 0.254 e. The zero-order chi connectivity index (χ0) is 24.4. The number of hydrogen-bond acceptors (Lipinski definition) is 5. The van der Waals surface area contributed by atoms with Crippen LogP contribution in [0.4, 0.5) is 0 Å². The van der Waals surface area contributed by atoms with Crippen molar-refractivity contribution < 1.29 is 19.1 Å². The number of amides is 2. The van der Waals surface area contributed by atoms with Crippen LogP contribution >= 0.6 is 0 Å². The Morgan fingerprint density at radius 2 is 1.64 bits per heavy atom. The van der Waals surface area contributed by atoms with Crippen LogP contribution in [0.25, 0.3) is 10.8 Å². The predicted octanol–water partition coefficient (Wildman–Crippen LogP) is 4.81. The van der Waals surface area contributed by atoms with Crippen molar-refractivity contribution in [1.29, 1.82) is 0 Å². The first-order chi connectivity index (χ1) is 17.6. The topological polar surface area (TPSA) is 68.2 Å². The van der Waals surface area contributed by atoms with Crippen molar-refractivity contribution in [2.45, 2.75) is 13.0 Å². The average Bonchev–Trinajstić information content (AvgIpc) is 3.70. The Kier molecular flexibility index (Phi) is 4.78. The summed E-state index contributed by atoms with van der Waals surface area (Å²) in [6, 6.07) is 19.9. The second-order valence-electron chi connectivity index (χ2n) is 10.2. The summed E-state index contributed by atoms with van der Waals surface area (Å²) >= 11 is 0. The predicted molar refractivity (Wildman–Crippen MR) is 135 cm³/mol. The minimum Gasteiger partial charge on any atom is -0.493 e. The number of imide groups is 1. The van der Waals surface area contributed by atoms with Crippen LogP contribution < -0.4 is 9.47 Å². The van der Waals surface area contributed by atoms with Crippen LogP contribution in [0.15, 0.2) is 77.9 Å². The molecular weight excluding hydrogens is 452 g/mol. The zero-order valence-corrected chi connectivity index (χ0v) is 19.9. The molecule has 3 fully saturated rings. The van der Waals surface area contributed by atoms with Crippen LogP contribution in [0.5, 0.6) is 11.5 Å². The summed E-state index contributed by atoms with van der Waals surface area (Å²) in [6.07, 6.45) is 7.04. The number of methoxy groups -OCH3 is 1. The lowest BCUT2D eigenvalue weighted by Gasteiger charge is -2.37. The maximum absolute atomic E-state index is 13.1. The Hall–Kier alpha value is -3.93. The molecule has 0 unspecified atom stereocenters. The molecular formula is C30H26N2O4. The number of carbonyl (C=O) groups excluding carboxylic acids is 2. The van der Waals surface area contributed by atoms with E-state index in [-0.39, 0.29) is 35.5 Å². The van der Waals surface area contributed by atoms with E-state index < -0.39 is 0 Å². The van der Waals surface area contributed by atoms with Crippen LogP contribution in [0.2, 0.25) is 0 Å². The molecule has 2 bridgehead atoms. The van der Waals surface area contributed by atoms with Gasteiger partial charge in [-0.3, -0.25) is 9.59 Å². The van der Waals surface area contributed by atoms with E-state index in [1.54, 1.807) is 19.4 Å². The minimum absolute atomic E-state index is 0.159. The molecule has 4 aliphatic carbocycles. The molecule has 1 heterocycles. The molecule has 6 heteroatoms. The summed E-state index contributed by atoms with van der Waals surface area (Å²) in [5, 5.41) is 7.76. The zero-order valence-electron chi connectivity index (χ0n) is 19.9. The number of carbonyl (C=O) groups is 2. The molecule has 2 saturated carbocycles. The van der Waals surface area contributed by atoms with Gasteiger partial charge in [-0.05, 0) is 70.2 Å². The Morgan fingerprint density at radius 1 is 0.917 bits per heavy atom. The third-order valence-corrected chi connectivity index (χ3v) is 8.41. The third-order valence-electron chi connectivity index (χ3n) is 8.41. The van der Waals surface area contributed by atoms with Crippen LogP contribution in [0.3, 0.4) is 0 Å². The van der Waals surface area contributed by atoms with E-state index in [1.807, 2.05) is 30.3 Å². The molecule has 3 aromatic carbocycles. The van der Waals surface area contributed by atoms with Crippen molar-refractivity contribution in [1.82, 2.24) is 5.01 Å². The smallest absolute Gasteiger partial charge is 0.254 e. The summed E-state index contributed by atoms with van der Waals surface area (Å²) in [5.74, 6) is 1.92. The summed E-state index contributed by atoms with van der Waals surface area (Å²) in [4.78, 5) is 26.3. The van der Waals surface area contributed by atoms with Crippen molar-refractivity contribution in [3.63, 3.8) is 0 Å². The molecule has 0 aromatic heterocycles. The molecule has 5 aliphatic rings. The van der Waals surface area contributed by atoms with E-state index in [4.69, 9.17) is 9.47 Å². The Bertz CT molecular complexity index is 1420. The van der Waals surface area contributed by atoms with E-state index >= 15 is 0 Å². The molecule has 2 amide bonds. The fourth-order valence-electron chi connectivity index (χ4n) is 6.64. The van der Waals surface area contributed by atoms with Crippen LogP contribution in [0.1, 0.15) is 17.5 Å². The number of ether oxygens (including phenoxy) is 2. The number of nitrogens with zero attached hydrogens (tertiary/aromatic N) is 2. The van der Waals surface area contributed by atoms with Gasteiger partial charge in [0.2, 0.25) is 0 Å². The third kappa shape index (κ3) is 3.20. The van der Waals surface area contributed by atoms with E-state index in [1.165, 1.54) is 5.39 Å². The molecule has 0 radical (unpaired) electrons. The number of allylic oxidation sites excluding steroid dienone is 2. The van der Waals surface area contributed by atoms with Gasteiger partial charge in [-0.2, -0.15) is 10.1 Å². The van der Waals surface area contributed by atoms with Crippen molar-refractivity contribution in [2.75, 3.05) is 7.11 Å². The van der Waals surface area contributed by atoms with Gasteiger partial charge in [-0.1, -0.05) is 54.6 Å². The summed E-state index contributed by atoms with van der Waals surface area (Å²) < 4.78 is 11.7. The van der Waals surface area contributed by atoms with Crippen molar-refractivity contribution >= 4 is 28.8 Å². The minimum atomic E-state index is -0.243.